The summed E-state index contributed by atoms with van der Waals surface area (Å²) >= 11 is 0. The van der Waals surface area contributed by atoms with Gasteiger partial charge in [-0.15, -0.1) is 0 Å². The fourth-order valence-electron chi connectivity index (χ4n) is 3.56. The van der Waals surface area contributed by atoms with Crippen LogP contribution in [0.15, 0.2) is 66.0 Å². The third-order valence-corrected chi connectivity index (χ3v) is 7.10. The van der Waals surface area contributed by atoms with Crippen LogP contribution in [0.5, 0.6) is 0 Å². The summed E-state index contributed by atoms with van der Waals surface area (Å²) in [4.78, 5) is 8.28. The number of piperazine rings is 1. The normalized spacial score (nSPS) is 17.9. The van der Waals surface area contributed by atoms with Crippen LogP contribution in [-0.4, -0.2) is 48.4 Å². The maximum Gasteiger partial charge on any atom is 0.244 e. The van der Waals surface area contributed by atoms with Crippen LogP contribution < -0.4 is 5.32 Å². The average molecular weight is 412 g/mol. The van der Waals surface area contributed by atoms with Gasteiger partial charge in [-0.3, -0.25) is 9.97 Å². The standard InChI is InChI=1S/C21H21FN4O2S/c1-15-13-24-10-11-26(15)29(27,28)21-5-3-2-4-17(21)16-6-7-18(19(22)12-16)20-14-23-8-9-25-20/h2-9,12,14-15,24H,10-11,13H2,1H3/t15-/m0/s1. The molecule has 6 nitrogen and oxygen atoms in total. The Labute approximate surface area is 169 Å². The van der Waals surface area contributed by atoms with Crippen LogP contribution in [0.25, 0.3) is 22.4 Å². The lowest BCUT2D eigenvalue weighted by molar-refractivity contribution is 0.284. The van der Waals surface area contributed by atoms with Crippen LogP contribution in [0.4, 0.5) is 4.39 Å². The topological polar surface area (TPSA) is 75.2 Å². The maximum absolute atomic E-state index is 14.8. The van der Waals surface area contributed by atoms with Crippen LogP contribution in [-0.2, 0) is 10.0 Å². The van der Waals surface area contributed by atoms with Crippen LogP contribution >= 0.6 is 0 Å². The molecule has 1 aliphatic heterocycles. The van der Waals surface area contributed by atoms with E-state index < -0.39 is 15.8 Å². The Morgan fingerprint density at radius 1 is 1.14 bits per heavy atom. The van der Waals surface area contributed by atoms with Gasteiger partial charge < -0.3 is 5.32 Å². The van der Waals surface area contributed by atoms with E-state index in [1.807, 2.05) is 6.92 Å². The number of benzene rings is 2. The van der Waals surface area contributed by atoms with Gasteiger partial charge in [0.2, 0.25) is 10.0 Å². The zero-order valence-corrected chi connectivity index (χ0v) is 16.7. The molecule has 0 amide bonds. The van der Waals surface area contributed by atoms with Gasteiger partial charge in [0.25, 0.3) is 0 Å². The molecule has 3 aromatic rings. The van der Waals surface area contributed by atoms with Gasteiger partial charge in [0.15, 0.2) is 0 Å². The van der Waals surface area contributed by atoms with E-state index in [1.54, 1.807) is 36.4 Å². The molecule has 1 aromatic heterocycles. The van der Waals surface area contributed by atoms with Crippen LogP contribution in [0, 0.1) is 5.82 Å². The fourth-order valence-corrected chi connectivity index (χ4v) is 5.41. The van der Waals surface area contributed by atoms with Crippen molar-refractivity contribution in [2.24, 2.45) is 0 Å². The molecular weight excluding hydrogens is 391 g/mol. The largest absolute Gasteiger partial charge is 0.314 e. The lowest BCUT2D eigenvalue weighted by Crippen LogP contribution is -2.52. The van der Waals surface area contributed by atoms with Crippen molar-refractivity contribution in [2.75, 3.05) is 19.6 Å². The summed E-state index contributed by atoms with van der Waals surface area (Å²) in [6.07, 6.45) is 4.51. The summed E-state index contributed by atoms with van der Waals surface area (Å²) in [6, 6.07) is 11.2. The number of aromatic nitrogens is 2. The summed E-state index contributed by atoms with van der Waals surface area (Å²) in [5, 5.41) is 3.20. The van der Waals surface area contributed by atoms with Gasteiger partial charge in [0.05, 0.1) is 16.8 Å². The van der Waals surface area contributed by atoms with Crippen LogP contribution in [0.1, 0.15) is 6.92 Å². The molecular formula is C21H21FN4O2S. The molecule has 0 radical (unpaired) electrons. The van der Waals surface area contributed by atoms with Crippen molar-refractivity contribution in [3.63, 3.8) is 0 Å². The lowest BCUT2D eigenvalue weighted by atomic mass is 10.0. The number of nitrogens with one attached hydrogen (secondary N) is 1. The summed E-state index contributed by atoms with van der Waals surface area (Å²) in [5.41, 5.74) is 1.71. The molecule has 0 aliphatic carbocycles. The third-order valence-electron chi connectivity index (χ3n) is 5.03. The molecule has 0 spiro atoms. The van der Waals surface area contributed by atoms with Crippen LogP contribution in [0.3, 0.4) is 0 Å². The highest BCUT2D eigenvalue weighted by atomic mass is 32.2. The molecule has 150 valence electrons. The van der Waals surface area contributed by atoms with Gasteiger partial charge in [0.1, 0.15) is 5.82 Å². The first kappa shape index (κ1) is 19.6. The number of nitrogens with zero attached hydrogens (tertiary/aromatic N) is 3. The van der Waals surface area contributed by atoms with E-state index >= 15 is 0 Å². The molecule has 2 aromatic carbocycles. The number of hydrogen-bond acceptors (Lipinski definition) is 5. The zero-order valence-electron chi connectivity index (χ0n) is 15.9. The fraction of sp³-hybridized carbons (Fsp3) is 0.238. The Kier molecular flexibility index (Phi) is 5.40. The molecule has 0 saturated carbocycles. The second-order valence-electron chi connectivity index (χ2n) is 6.95. The Morgan fingerprint density at radius 2 is 1.97 bits per heavy atom. The molecule has 4 rings (SSSR count). The van der Waals surface area contributed by atoms with Gasteiger partial charge in [-0.2, -0.15) is 4.31 Å². The Hall–Kier alpha value is -2.68. The van der Waals surface area contributed by atoms with Crippen molar-refractivity contribution in [3.05, 3.63) is 66.9 Å². The van der Waals surface area contributed by atoms with Crippen molar-refractivity contribution >= 4 is 10.0 Å². The molecule has 1 aliphatic rings. The quantitative estimate of drug-likeness (QED) is 0.713. The highest BCUT2D eigenvalue weighted by Crippen LogP contribution is 2.33. The minimum atomic E-state index is -3.72. The lowest BCUT2D eigenvalue weighted by Gasteiger charge is -2.33. The smallest absolute Gasteiger partial charge is 0.244 e. The van der Waals surface area contributed by atoms with E-state index in [2.05, 4.69) is 15.3 Å². The minimum Gasteiger partial charge on any atom is -0.314 e. The Morgan fingerprint density at radius 3 is 2.69 bits per heavy atom. The first-order chi connectivity index (χ1) is 14.0. The maximum atomic E-state index is 14.8. The number of sulfonamides is 1. The molecule has 8 heteroatoms. The molecule has 0 bridgehead atoms. The van der Waals surface area contributed by atoms with Crippen molar-refractivity contribution in [1.29, 1.82) is 0 Å². The van der Waals surface area contributed by atoms with E-state index in [0.29, 0.717) is 42.0 Å². The monoisotopic (exact) mass is 412 g/mol. The molecule has 1 fully saturated rings. The molecule has 29 heavy (non-hydrogen) atoms. The molecule has 1 N–H and O–H groups in total. The van der Waals surface area contributed by atoms with Gasteiger partial charge in [0, 0.05) is 49.2 Å². The molecule has 1 atom stereocenters. The highest BCUT2D eigenvalue weighted by molar-refractivity contribution is 7.89. The first-order valence-electron chi connectivity index (χ1n) is 9.36. The molecule has 1 saturated heterocycles. The summed E-state index contributed by atoms with van der Waals surface area (Å²) in [6.45, 7) is 3.48. The summed E-state index contributed by atoms with van der Waals surface area (Å²) in [7, 11) is -3.72. The van der Waals surface area contributed by atoms with Crippen molar-refractivity contribution in [2.45, 2.75) is 17.9 Å². The third kappa shape index (κ3) is 3.78. The van der Waals surface area contributed by atoms with E-state index in [-0.39, 0.29) is 10.9 Å². The van der Waals surface area contributed by atoms with E-state index in [9.17, 15) is 12.8 Å². The van der Waals surface area contributed by atoms with Crippen LogP contribution in [0.2, 0.25) is 0 Å². The highest BCUT2D eigenvalue weighted by Gasteiger charge is 2.32. The molecule has 2 heterocycles. The van der Waals surface area contributed by atoms with Crippen molar-refractivity contribution in [1.82, 2.24) is 19.6 Å². The summed E-state index contributed by atoms with van der Waals surface area (Å²) < 4.78 is 43.0. The van der Waals surface area contributed by atoms with Gasteiger partial charge in [-0.25, -0.2) is 12.8 Å². The SMILES string of the molecule is C[C@H]1CNCCN1S(=O)(=O)c1ccccc1-c1ccc(-c2cnccn2)c(F)c1. The second kappa shape index (κ2) is 7.98. The van der Waals surface area contributed by atoms with E-state index in [4.69, 9.17) is 0 Å². The average Bonchev–Trinajstić information content (AvgIpc) is 2.74. The van der Waals surface area contributed by atoms with E-state index in [0.717, 1.165) is 0 Å². The molecule has 0 unspecified atom stereocenters. The van der Waals surface area contributed by atoms with Gasteiger partial charge >= 0.3 is 0 Å². The number of hydrogen-bond donors (Lipinski definition) is 1. The zero-order chi connectivity index (χ0) is 20.4. The van der Waals surface area contributed by atoms with Gasteiger partial charge in [-0.05, 0) is 30.7 Å². The first-order valence-corrected chi connectivity index (χ1v) is 10.8. The second-order valence-corrected chi connectivity index (χ2v) is 8.81. The predicted octanol–water partition coefficient (Wildman–Crippen LogP) is 2.93. The van der Waals surface area contributed by atoms with Gasteiger partial charge in [-0.1, -0.05) is 24.3 Å². The number of rotatable bonds is 4. The summed E-state index contributed by atoms with van der Waals surface area (Å²) in [5.74, 6) is -0.481. The Balaban J connectivity index is 1.77. The number of halogens is 1. The Bertz CT molecular complexity index is 1120. The van der Waals surface area contributed by atoms with E-state index in [1.165, 1.54) is 29.0 Å². The minimum absolute atomic E-state index is 0.155. The predicted molar refractivity (Wildman–Crippen MR) is 109 cm³/mol. The van der Waals surface area contributed by atoms with Crippen molar-refractivity contribution < 1.29 is 12.8 Å². The van der Waals surface area contributed by atoms with Crippen molar-refractivity contribution in [3.8, 4) is 22.4 Å².